The molecule has 0 saturated carbocycles. The number of carbonyl (C=O) groups is 1. The van der Waals surface area contributed by atoms with Gasteiger partial charge in [0.1, 0.15) is 5.69 Å². The predicted octanol–water partition coefficient (Wildman–Crippen LogP) is 3.31. The molecule has 0 atom stereocenters. The molecule has 0 aliphatic carbocycles. The summed E-state index contributed by atoms with van der Waals surface area (Å²) in [5, 5.41) is 0. The Bertz CT molecular complexity index is 584. The highest BCUT2D eigenvalue weighted by atomic mass is 16.1. The summed E-state index contributed by atoms with van der Waals surface area (Å²) in [5.74, 6) is -0.438. The molecule has 2 N–H and O–H groups in total. The molecule has 2 rings (SSSR count). The number of hydrogen-bond acceptors (Lipinski definition) is 3. The van der Waals surface area contributed by atoms with Crippen molar-refractivity contribution in [1.82, 2.24) is 9.97 Å². The van der Waals surface area contributed by atoms with Crippen LogP contribution in [-0.2, 0) is 12.8 Å². The maximum Gasteiger partial charge on any atom is 0.267 e. The number of carbonyl (C=O) groups excluding carboxylic acids is 1. The molecule has 0 bridgehead atoms. The molecule has 0 aromatic carbocycles. The monoisotopic (exact) mass is 297 g/mol. The number of hydrogen-bond donors (Lipinski definition) is 1. The van der Waals surface area contributed by atoms with Crippen LogP contribution in [0.2, 0.25) is 0 Å². The Hall–Kier alpha value is -2.23. The predicted molar refractivity (Wildman–Crippen MR) is 87.5 cm³/mol. The largest absolute Gasteiger partial charge is 0.364 e. The number of rotatable bonds is 9. The van der Waals surface area contributed by atoms with E-state index < -0.39 is 5.91 Å². The molecule has 0 aliphatic rings. The van der Waals surface area contributed by atoms with E-state index in [1.165, 1.54) is 31.2 Å². The van der Waals surface area contributed by atoms with Crippen LogP contribution in [0.1, 0.15) is 53.7 Å². The molecule has 0 radical (unpaired) electrons. The highest BCUT2D eigenvalue weighted by Gasteiger charge is 2.08. The fraction of sp³-hybridized carbons (Fsp3) is 0.389. The van der Waals surface area contributed by atoms with Crippen molar-refractivity contribution in [3.63, 3.8) is 0 Å². The quantitative estimate of drug-likeness (QED) is 0.722. The number of aromatic nitrogens is 2. The van der Waals surface area contributed by atoms with Crippen LogP contribution in [0.5, 0.6) is 0 Å². The minimum absolute atomic E-state index is 0.416. The van der Waals surface area contributed by atoms with Crippen molar-refractivity contribution in [3.05, 3.63) is 59.7 Å². The van der Waals surface area contributed by atoms with Gasteiger partial charge in [-0.05, 0) is 48.9 Å². The van der Waals surface area contributed by atoms with E-state index in [0.717, 1.165) is 24.8 Å². The number of nitrogens with zero attached hydrogens (tertiary/aromatic N) is 2. The maximum atomic E-state index is 11.3. The summed E-state index contributed by atoms with van der Waals surface area (Å²) in [5.41, 5.74) is 8.02. The Morgan fingerprint density at radius 1 is 0.955 bits per heavy atom. The molecule has 2 heterocycles. The van der Waals surface area contributed by atoms with Gasteiger partial charge in [0.25, 0.3) is 5.91 Å². The number of aryl methyl sites for hydroxylation is 2. The van der Waals surface area contributed by atoms with Crippen molar-refractivity contribution in [2.45, 2.75) is 44.9 Å². The maximum absolute atomic E-state index is 11.3. The second-order valence-electron chi connectivity index (χ2n) is 5.50. The van der Waals surface area contributed by atoms with Crippen molar-refractivity contribution in [3.8, 4) is 0 Å². The summed E-state index contributed by atoms with van der Waals surface area (Å²) in [7, 11) is 0. The summed E-state index contributed by atoms with van der Waals surface area (Å²) in [6, 6.07) is 7.91. The molecule has 0 unspecified atom stereocenters. The van der Waals surface area contributed by atoms with Crippen molar-refractivity contribution < 1.29 is 4.79 Å². The highest BCUT2D eigenvalue weighted by Crippen LogP contribution is 2.12. The van der Waals surface area contributed by atoms with Crippen molar-refractivity contribution in [2.75, 3.05) is 0 Å². The number of amides is 1. The van der Waals surface area contributed by atoms with Crippen LogP contribution in [-0.4, -0.2) is 15.9 Å². The minimum Gasteiger partial charge on any atom is -0.364 e. The average molecular weight is 297 g/mol. The second-order valence-corrected chi connectivity index (χ2v) is 5.50. The number of primary amides is 1. The molecule has 0 spiro atoms. The standard InChI is InChI=1S/C18H23N3O/c19-18(22)17-16(11-7-13-21-17)10-5-3-1-2-4-8-15-9-6-12-20-14-15/h6-7,9,11-14H,1-5,8,10H2,(H2,19,22). The molecule has 116 valence electrons. The topological polar surface area (TPSA) is 68.9 Å². The van der Waals surface area contributed by atoms with Crippen molar-refractivity contribution in [1.29, 1.82) is 0 Å². The molecule has 22 heavy (non-hydrogen) atoms. The zero-order chi connectivity index (χ0) is 15.6. The van der Waals surface area contributed by atoms with Crippen LogP contribution in [0.15, 0.2) is 42.9 Å². The zero-order valence-corrected chi connectivity index (χ0v) is 12.9. The van der Waals surface area contributed by atoms with E-state index in [1.807, 2.05) is 30.6 Å². The molecular formula is C18H23N3O. The van der Waals surface area contributed by atoms with Gasteiger partial charge in [-0.15, -0.1) is 0 Å². The lowest BCUT2D eigenvalue weighted by Crippen LogP contribution is -2.15. The van der Waals surface area contributed by atoms with Gasteiger partial charge in [-0.3, -0.25) is 14.8 Å². The van der Waals surface area contributed by atoms with E-state index in [1.54, 1.807) is 6.20 Å². The van der Waals surface area contributed by atoms with Gasteiger partial charge in [-0.25, -0.2) is 0 Å². The van der Waals surface area contributed by atoms with E-state index in [-0.39, 0.29) is 0 Å². The summed E-state index contributed by atoms with van der Waals surface area (Å²) in [4.78, 5) is 19.5. The van der Waals surface area contributed by atoms with Crippen LogP contribution < -0.4 is 5.73 Å². The second kappa shape index (κ2) is 8.93. The van der Waals surface area contributed by atoms with E-state index in [9.17, 15) is 4.79 Å². The lowest BCUT2D eigenvalue weighted by atomic mass is 10.0. The van der Waals surface area contributed by atoms with Gasteiger partial charge in [0.2, 0.25) is 0 Å². The van der Waals surface area contributed by atoms with Gasteiger partial charge < -0.3 is 5.73 Å². The van der Waals surface area contributed by atoms with Crippen LogP contribution >= 0.6 is 0 Å². The molecule has 2 aromatic rings. The molecule has 1 amide bonds. The molecule has 4 nitrogen and oxygen atoms in total. The number of unbranched alkanes of at least 4 members (excludes halogenated alkanes) is 4. The smallest absolute Gasteiger partial charge is 0.267 e. The van der Waals surface area contributed by atoms with E-state index in [4.69, 9.17) is 5.73 Å². The van der Waals surface area contributed by atoms with Crippen molar-refractivity contribution in [2.24, 2.45) is 5.73 Å². The first-order valence-electron chi connectivity index (χ1n) is 7.90. The van der Waals surface area contributed by atoms with E-state index in [2.05, 4.69) is 16.0 Å². The average Bonchev–Trinajstić information content (AvgIpc) is 2.55. The lowest BCUT2D eigenvalue weighted by Gasteiger charge is -2.05. The Morgan fingerprint density at radius 2 is 1.68 bits per heavy atom. The van der Waals surface area contributed by atoms with Gasteiger partial charge in [0.15, 0.2) is 0 Å². The Labute approximate surface area is 131 Å². The summed E-state index contributed by atoms with van der Waals surface area (Å²) in [6.45, 7) is 0. The highest BCUT2D eigenvalue weighted by molar-refractivity contribution is 5.92. The third-order valence-electron chi connectivity index (χ3n) is 3.76. The molecule has 2 aromatic heterocycles. The van der Waals surface area contributed by atoms with Gasteiger partial charge in [0, 0.05) is 18.6 Å². The van der Waals surface area contributed by atoms with Crippen LogP contribution in [0.25, 0.3) is 0 Å². The molecule has 0 fully saturated rings. The SMILES string of the molecule is NC(=O)c1ncccc1CCCCCCCc1cccnc1. The molecule has 4 heteroatoms. The summed E-state index contributed by atoms with van der Waals surface area (Å²) in [6.07, 6.45) is 13.2. The summed E-state index contributed by atoms with van der Waals surface area (Å²) >= 11 is 0. The third kappa shape index (κ3) is 5.28. The van der Waals surface area contributed by atoms with Crippen molar-refractivity contribution >= 4 is 5.91 Å². The minimum atomic E-state index is -0.438. The first-order chi connectivity index (χ1) is 10.8. The van der Waals surface area contributed by atoms with E-state index in [0.29, 0.717) is 5.69 Å². The fourth-order valence-corrected chi connectivity index (χ4v) is 2.58. The van der Waals surface area contributed by atoms with E-state index >= 15 is 0 Å². The number of pyridine rings is 2. The Morgan fingerprint density at radius 3 is 2.41 bits per heavy atom. The van der Waals surface area contributed by atoms with Gasteiger partial charge in [-0.1, -0.05) is 31.4 Å². The first kappa shape index (κ1) is 16.1. The molecular weight excluding hydrogens is 274 g/mol. The normalized spacial score (nSPS) is 10.5. The van der Waals surface area contributed by atoms with Crippen LogP contribution in [0.4, 0.5) is 0 Å². The molecule has 0 aliphatic heterocycles. The third-order valence-corrected chi connectivity index (χ3v) is 3.76. The first-order valence-corrected chi connectivity index (χ1v) is 7.90. The van der Waals surface area contributed by atoms with Crippen LogP contribution in [0.3, 0.4) is 0 Å². The molecule has 0 saturated heterocycles. The Kier molecular flexibility index (Phi) is 6.55. The summed E-state index contributed by atoms with van der Waals surface area (Å²) < 4.78 is 0. The Balaban J connectivity index is 1.61. The number of nitrogens with two attached hydrogens (primary N) is 1. The van der Waals surface area contributed by atoms with Gasteiger partial charge in [0.05, 0.1) is 0 Å². The fourth-order valence-electron chi connectivity index (χ4n) is 2.58. The van der Waals surface area contributed by atoms with Gasteiger partial charge >= 0.3 is 0 Å². The zero-order valence-electron chi connectivity index (χ0n) is 12.9. The van der Waals surface area contributed by atoms with Gasteiger partial charge in [-0.2, -0.15) is 0 Å². The lowest BCUT2D eigenvalue weighted by molar-refractivity contribution is 0.0994. The van der Waals surface area contributed by atoms with Crippen LogP contribution in [0, 0.1) is 0 Å².